The van der Waals surface area contributed by atoms with Crippen LogP contribution in [0, 0.1) is 0 Å². The zero-order valence-corrected chi connectivity index (χ0v) is 14.0. The summed E-state index contributed by atoms with van der Waals surface area (Å²) in [5, 5.41) is 3.08. The fourth-order valence-electron chi connectivity index (χ4n) is 2.75. The van der Waals surface area contributed by atoms with E-state index in [1.54, 1.807) is 6.20 Å². The van der Waals surface area contributed by atoms with Crippen molar-refractivity contribution in [2.75, 3.05) is 12.1 Å². The Labute approximate surface area is 151 Å². The molecule has 0 radical (unpaired) electrons. The summed E-state index contributed by atoms with van der Waals surface area (Å²) in [6.07, 6.45) is 3.15. The number of carbonyl (C=O) groups is 1. The average Bonchev–Trinajstić information content (AvgIpc) is 3.16. The number of allylic oxidation sites excluding steroid dienone is 1. The molecule has 1 aliphatic heterocycles. The summed E-state index contributed by atoms with van der Waals surface area (Å²) in [5.41, 5.74) is 3.70. The zero-order valence-electron chi connectivity index (χ0n) is 14.0. The molecule has 4 rings (SSSR count). The van der Waals surface area contributed by atoms with Crippen LogP contribution in [0.3, 0.4) is 0 Å². The van der Waals surface area contributed by atoms with Crippen molar-refractivity contribution in [3.63, 3.8) is 0 Å². The second-order valence-corrected chi connectivity index (χ2v) is 5.85. The van der Waals surface area contributed by atoms with Crippen LogP contribution in [-0.2, 0) is 0 Å². The number of nitrogens with one attached hydrogen (secondary N) is 1. The Balaban J connectivity index is 1.40. The molecule has 3 aromatic rings. The lowest BCUT2D eigenvalue weighted by Gasteiger charge is -2.03. The van der Waals surface area contributed by atoms with E-state index in [1.165, 1.54) is 6.08 Å². The van der Waals surface area contributed by atoms with Crippen molar-refractivity contribution in [3.8, 4) is 22.6 Å². The third-order valence-electron chi connectivity index (χ3n) is 4.13. The van der Waals surface area contributed by atoms with Gasteiger partial charge in [-0.3, -0.25) is 4.79 Å². The van der Waals surface area contributed by atoms with Gasteiger partial charge in [0.05, 0.1) is 0 Å². The largest absolute Gasteiger partial charge is 0.454 e. The average molecular weight is 343 g/mol. The molecule has 26 heavy (non-hydrogen) atoms. The highest BCUT2D eigenvalue weighted by Gasteiger charge is 2.12. The lowest BCUT2D eigenvalue weighted by atomic mass is 10.0. The molecule has 0 amide bonds. The van der Waals surface area contributed by atoms with Crippen LogP contribution < -0.4 is 14.8 Å². The summed E-state index contributed by atoms with van der Waals surface area (Å²) < 4.78 is 10.6. The van der Waals surface area contributed by atoms with Crippen molar-refractivity contribution in [2.24, 2.45) is 0 Å². The van der Waals surface area contributed by atoms with Crippen LogP contribution in [0.5, 0.6) is 11.5 Å². The molecule has 0 bridgehead atoms. The summed E-state index contributed by atoms with van der Waals surface area (Å²) in [4.78, 5) is 12.3. The minimum absolute atomic E-state index is 0.0575. The van der Waals surface area contributed by atoms with Gasteiger partial charge in [-0.15, -0.1) is 0 Å². The monoisotopic (exact) mass is 343 g/mol. The molecule has 3 aromatic carbocycles. The van der Waals surface area contributed by atoms with E-state index in [9.17, 15) is 4.79 Å². The quantitative estimate of drug-likeness (QED) is 0.529. The molecule has 0 fully saturated rings. The lowest BCUT2D eigenvalue weighted by molar-refractivity contribution is 0.104. The first-order valence-corrected chi connectivity index (χ1v) is 8.32. The zero-order chi connectivity index (χ0) is 17.8. The van der Waals surface area contributed by atoms with Crippen molar-refractivity contribution < 1.29 is 14.3 Å². The van der Waals surface area contributed by atoms with Gasteiger partial charge in [0, 0.05) is 29.6 Å². The SMILES string of the molecule is O=C(/C=C/Nc1ccc2c(c1)OCO2)c1ccc(-c2ccccc2)cc1. The van der Waals surface area contributed by atoms with Gasteiger partial charge in [-0.1, -0.05) is 54.6 Å². The predicted octanol–water partition coefficient (Wildman–Crippen LogP) is 4.89. The minimum Gasteiger partial charge on any atom is -0.454 e. The minimum atomic E-state index is -0.0575. The maximum atomic E-state index is 12.3. The van der Waals surface area contributed by atoms with Crippen LogP contribution in [0.1, 0.15) is 10.4 Å². The summed E-state index contributed by atoms with van der Waals surface area (Å²) in [7, 11) is 0. The number of ether oxygens (including phenoxy) is 2. The van der Waals surface area contributed by atoms with Gasteiger partial charge in [-0.2, -0.15) is 0 Å². The Morgan fingerprint density at radius 2 is 1.58 bits per heavy atom. The van der Waals surface area contributed by atoms with E-state index in [1.807, 2.05) is 72.8 Å². The Morgan fingerprint density at radius 1 is 0.846 bits per heavy atom. The Kier molecular flexibility index (Phi) is 4.39. The standard InChI is InChI=1S/C22H17NO3/c24-20(12-13-23-19-10-11-21-22(14-19)26-15-25-21)18-8-6-17(7-9-18)16-4-2-1-3-5-16/h1-14,23H,15H2/b13-12+. The van der Waals surface area contributed by atoms with Crippen molar-refractivity contribution in [3.05, 3.63) is 90.6 Å². The van der Waals surface area contributed by atoms with Crippen LogP contribution in [-0.4, -0.2) is 12.6 Å². The van der Waals surface area contributed by atoms with Crippen LogP contribution in [0.25, 0.3) is 11.1 Å². The van der Waals surface area contributed by atoms with Crippen LogP contribution in [0.15, 0.2) is 85.1 Å². The fraction of sp³-hybridized carbons (Fsp3) is 0.0455. The highest BCUT2D eigenvalue weighted by atomic mass is 16.7. The number of rotatable bonds is 5. The molecule has 0 saturated carbocycles. The summed E-state index contributed by atoms with van der Waals surface area (Å²) in [5.74, 6) is 1.37. The number of carbonyl (C=O) groups excluding carboxylic acids is 1. The molecule has 1 aliphatic rings. The molecule has 128 valence electrons. The number of anilines is 1. The number of ketones is 1. The third kappa shape index (κ3) is 3.44. The van der Waals surface area contributed by atoms with Crippen LogP contribution in [0.4, 0.5) is 5.69 Å². The van der Waals surface area contributed by atoms with Gasteiger partial charge in [-0.25, -0.2) is 0 Å². The first kappa shape index (κ1) is 16.0. The van der Waals surface area contributed by atoms with Gasteiger partial charge in [-0.05, 0) is 23.3 Å². The number of hydrogen-bond acceptors (Lipinski definition) is 4. The molecule has 4 nitrogen and oxygen atoms in total. The molecular formula is C22H17NO3. The van der Waals surface area contributed by atoms with E-state index in [0.29, 0.717) is 11.3 Å². The summed E-state index contributed by atoms with van der Waals surface area (Å²) >= 11 is 0. The Morgan fingerprint density at radius 3 is 2.38 bits per heavy atom. The molecule has 1 heterocycles. The van der Waals surface area contributed by atoms with Gasteiger partial charge >= 0.3 is 0 Å². The number of fused-ring (bicyclic) bond motifs is 1. The van der Waals surface area contributed by atoms with Crippen molar-refractivity contribution >= 4 is 11.5 Å². The molecule has 0 atom stereocenters. The Hall–Kier alpha value is -3.53. The summed E-state index contributed by atoms with van der Waals surface area (Å²) in [6, 6.07) is 23.2. The molecule has 1 N–H and O–H groups in total. The molecule has 0 aliphatic carbocycles. The van der Waals surface area contributed by atoms with E-state index in [-0.39, 0.29) is 12.6 Å². The van der Waals surface area contributed by atoms with E-state index in [4.69, 9.17) is 9.47 Å². The van der Waals surface area contributed by atoms with E-state index in [2.05, 4.69) is 5.32 Å². The maximum Gasteiger partial charge on any atom is 0.231 e. The fourth-order valence-corrected chi connectivity index (χ4v) is 2.75. The number of benzene rings is 3. The first-order valence-electron chi connectivity index (χ1n) is 8.32. The molecule has 0 saturated heterocycles. The van der Waals surface area contributed by atoms with Crippen molar-refractivity contribution in [1.82, 2.24) is 0 Å². The summed E-state index contributed by atoms with van der Waals surface area (Å²) in [6.45, 7) is 0.242. The molecule has 0 unspecified atom stereocenters. The molecule has 4 heteroatoms. The van der Waals surface area contributed by atoms with Crippen molar-refractivity contribution in [1.29, 1.82) is 0 Å². The number of hydrogen-bond donors (Lipinski definition) is 1. The second-order valence-electron chi connectivity index (χ2n) is 5.85. The Bertz CT molecular complexity index is 947. The predicted molar refractivity (Wildman–Crippen MR) is 102 cm³/mol. The van der Waals surface area contributed by atoms with Crippen molar-refractivity contribution in [2.45, 2.75) is 0 Å². The van der Waals surface area contributed by atoms with Crippen LogP contribution in [0.2, 0.25) is 0 Å². The lowest BCUT2D eigenvalue weighted by Crippen LogP contribution is -1.96. The van der Waals surface area contributed by atoms with Gasteiger partial charge in [0.1, 0.15) is 0 Å². The smallest absolute Gasteiger partial charge is 0.231 e. The third-order valence-corrected chi connectivity index (χ3v) is 4.13. The van der Waals surface area contributed by atoms with E-state index in [0.717, 1.165) is 22.6 Å². The highest BCUT2D eigenvalue weighted by Crippen LogP contribution is 2.34. The molecular weight excluding hydrogens is 326 g/mol. The second kappa shape index (κ2) is 7.15. The van der Waals surface area contributed by atoms with Gasteiger partial charge in [0.15, 0.2) is 17.3 Å². The van der Waals surface area contributed by atoms with Crippen LogP contribution >= 0.6 is 0 Å². The molecule has 0 aromatic heterocycles. The first-order chi connectivity index (χ1) is 12.8. The topological polar surface area (TPSA) is 47.6 Å². The maximum absolute atomic E-state index is 12.3. The van der Waals surface area contributed by atoms with Gasteiger partial charge in [0.2, 0.25) is 6.79 Å². The molecule has 0 spiro atoms. The van der Waals surface area contributed by atoms with E-state index < -0.39 is 0 Å². The van der Waals surface area contributed by atoms with Gasteiger partial charge < -0.3 is 14.8 Å². The van der Waals surface area contributed by atoms with Gasteiger partial charge in [0.25, 0.3) is 0 Å². The van der Waals surface area contributed by atoms with E-state index >= 15 is 0 Å². The highest BCUT2D eigenvalue weighted by molar-refractivity contribution is 6.04. The normalized spacial score (nSPS) is 12.3.